The smallest absolute Gasteiger partial charge is 0.184 e. The molecule has 0 saturated heterocycles. The Morgan fingerprint density at radius 2 is 1.11 bits per heavy atom. The van der Waals surface area contributed by atoms with E-state index in [1.165, 1.54) is 32.1 Å². The predicted octanol–water partition coefficient (Wildman–Crippen LogP) is 4.39. The van der Waals surface area contributed by atoms with Crippen LogP contribution in [0.5, 0.6) is 0 Å². The van der Waals surface area contributed by atoms with Crippen LogP contribution in [0.4, 0.5) is 0 Å². The Morgan fingerprint density at radius 1 is 0.737 bits per heavy atom. The number of rotatable bonds is 4. The molecule has 110 valence electrons. The SMILES string of the molecule is C[Si](C)(C)O[C@@]12CC3CC(C3)C[C@]1(O[Si](C)(C)C)C2. The molecular weight excluding hydrogens is 268 g/mol. The first-order chi connectivity index (χ1) is 8.53. The van der Waals surface area contributed by atoms with E-state index in [4.69, 9.17) is 8.85 Å². The second-order valence-electron chi connectivity index (χ2n) is 9.21. The molecule has 0 N–H and O–H groups in total. The summed E-state index contributed by atoms with van der Waals surface area (Å²) < 4.78 is 13.4. The molecule has 0 aromatic carbocycles. The van der Waals surface area contributed by atoms with E-state index in [0.717, 1.165) is 11.8 Å². The zero-order valence-corrected chi connectivity index (χ0v) is 15.5. The molecule has 4 rings (SSSR count). The Kier molecular flexibility index (Phi) is 2.98. The van der Waals surface area contributed by atoms with Crippen molar-refractivity contribution in [2.75, 3.05) is 0 Å². The van der Waals surface area contributed by atoms with Gasteiger partial charge in [-0.05, 0) is 76.8 Å². The molecule has 0 aliphatic heterocycles. The molecule has 19 heavy (non-hydrogen) atoms. The monoisotopic (exact) mass is 298 g/mol. The molecule has 4 saturated carbocycles. The van der Waals surface area contributed by atoms with Crippen molar-refractivity contribution < 1.29 is 8.85 Å². The average Bonchev–Trinajstić information content (AvgIpc) is 2.62. The van der Waals surface area contributed by atoms with E-state index < -0.39 is 16.6 Å². The minimum Gasteiger partial charge on any atom is -0.409 e. The van der Waals surface area contributed by atoms with Gasteiger partial charge in [0.05, 0.1) is 11.2 Å². The van der Waals surface area contributed by atoms with Gasteiger partial charge in [0.25, 0.3) is 0 Å². The van der Waals surface area contributed by atoms with E-state index >= 15 is 0 Å². The third-order valence-corrected chi connectivity index (χ3v) is 6.86. The fraction of sp³-hybridized carbons (Fsp3) is 1.00. The number of hydrogen-bond donors (Lipinski definition) is 0. The molecule has 0 radical (unpaired) electrons. The summed E-state index contributed by atoms with van der Waals surface area (Å²) in [5.41, 5.74) is 0.210. The van der Waals surface area contributed by atoms with Gasteiger partial charge < -0.3 is 8.85 Å². The highest BCUT2D eigenvalue weighted by molar-refractivity contribution is 6.70. The van der Waals surface area contributed by atoms with Crippen molar-refractivity contribution in [3.63, 3.8) is 0 Å². The lowest BCUT2D eigenvalue weighted by molar-refractivity contribution is 0.0383. The topological polar surface area (TPSA) is 18.5 Å². The van der Waals surface area contributed by atoms with Crippen LogP contribution in [0.1, 0.15) is 32.1 Å². The van der Waals surface area contributed by atoms with Crippen molar-refractivity contribution in [1.29, 1.82) is 0 Å². The van der Waals surface area contributed by atoms with Crippen LogP contribution in [0.25, 0.3) is 0 Å². The molecule has 0 amide bonds. The van der Waals surface area contributed by atoms with Crippen molar-refractivity contribution >= 4 is 16.6 Å². The van der Waals surface area contributed by atoms with Crippen molar-refractivity contribution in [3.8, 4) is 0 Å². The Labute approximate surface area is 120 Å². The zero-order valence-electron chi connectivity index (χ0n) is 13.5. The minimum absolute atomic E-state index is 0.105. The summed E-state index contributed by atoms with van der Waals surface area (Å²) in [6.07, 6.45) is 6.61. The molecule has 2 bridgehead atoms. The van der Waals surface area contributed by atoms with Gasteiger partial charge in [-0.2, -0.15) is 0 Å². The first-order valence-corrected chi connectivity index (χ1v) is 14.7. The van der Waals surface area contributed by atoms with E-state index in [0.29, 0.717) is 0 Å². The van der Waals surface area contributed by atoms with Crippen LogP contribution in [0, 0.1) is 11.8 Å². The minimum atomic E-state index is -1.50. The summed E-state index contributed by atoms with van der Waals surface area (Å²) >= 11 is 0. The van der Waals surface area contributed by atoms with Crippen molar-refractivity contribution in [2.24, 2.45) is 11.8 Å². The van der Waals surface area contributed by atoms with E-state index in [9.17, 15) is 0 Å². The van der Waals surface area contributed by atoms with Gasteiger partial charge in [0.15, 0.2) is 16.6 Å². The molecule has 2 nitrogen and oxygen atoms in total. The van der Waals surface area contributed by atoms with E-state index in [1.54, 1.807) is 0 Å². The largest absolute Gasteiger partial charge is 0.409 e. The molecular formula is C15H30O2Si2. The molecule has 0 aromatic heterocycles. The van der Waals surface area contributed by atoms with Crippen molar-refractivity contribution in [2.45, 2.75) is 82.6 Å². The molecule has 0 aromatic rings. The standard InChI is InChI=1S/C15H30O2Si2/c1-18(2,3)16-14-9-12-7-13(8-12)10-15(14,11-14)17-19(4,5)6/h12-13H,7-11H2,1-6H3/t12?,13?,14-,15+. The molecule has 2 atom stereocenters. The lowest BCUT2D eigenvalue weighted by atomic mass is 9.72. The highest BCUT2D eigenvalue weighted by Gasteiger charge is 2.74. The summed E-state index contributed by atoms with van der Waals surface area (Å²) in [5.74, 6) is 1.85. The van der Waals surface area contributed by atoms with Gasteiger partial charge in [0, 0.05) is 6.42 Å². The highest BCUT2D eigenvalue weighted by Crippen LogP contribution is 2.68. The van der Waals surface area contributed by atoms with E-state index in [1.807, 2.05) is 0 Å². The normalized spacial score (nSPS) is 45.2. The maximum atomic E-state index is 6.70. The third kappa shape index (κ3) is 2.61. The molecule has 4 fully saturated rings. The summed E-state index contributed by atoms with van der Waals surface area (Å²) in [6, 6.07) is 0. The Balaban J connectivity index is 1.85. The summed E-state index contributed by atoms with van der Waals surface area (Å²) in [4.78, 5) is 0. The average molecular weight is 299 g/mol. The molecule has 4 aliphatic rings. The molecule has 0 unspecified atom stereocenters. The van der Waals surface area contributed by atoms with Crippen LogP contribution >= 0.6 is 0 Å². The quantitative estimate of drug-likeness (QED) is 0.717. The second-order valence-corrected chi connectivity index (χ2v) is 18.1. The van der Waals surface area contributed by atoms with E-state index in [2.05, 4.69) is 39.3 Å². The fourth-order valence-corrected chi connectivity index (χ4v) is 7.61. The summed E-state index contributed by atoms with van der Waals surface area (Å²) in [6.45, 7) is 14.0. The van der Waals surface area contributed by atoms with Gasteiger partial charge in [0.1, 0.15) is 0 Å². The number of hydrogen-bond acceptors (Lipinski definition) is 2. The van der Waals surface area contributed by atoms with Gasteiger partial charge >= 0.3 is 0 Å². The maximum absolute atomic E-state index is 6.70. The van der Waals surface area contributed by atoms with Gasteiger partial charge in [-0.1, -0.05) is 0 Å². The fourth-order valence-electron chi connectivity index (χ4n) is 4.59. The third-order valence-electron chi connectivity index (χ3n) is 4.85. The lowest BCUT2D eigenvalue weighted by Gasteiger charge is -2.35. The Bertz CT molecular complexity index is 345. The second kappa shape index (κ2) is 3.96. The first kappa shape index (κ1) is 14.3. The van der Waals surface area contributed by atoms with Crippen LogP contribution in [0.15, 0.2) is 0 Å². The zero-order chi connectivity index (χ0) is 14.1. The van der Waals surface area contributed by atoms with Crippen LogP contribution in [-0.4, -0.2) is 27.8 Å². The highest BCUT2D eigenvalue weighted by atomic mass is 28.4. The van der Waals surface area contributed by atoms with Crippen LogP contribution in [0.3, 0.4) is 0 Å². The molecule has 4 heteroatoms. The molecule has 4 aliphatic carbocycles. The van der Waals surface area contributed by atoms with Gasteiger partial charge in [-0.25, -0.2) is 0 Å². The maximum Gasteiger partial charge on any atom is 0.184 e. The van der Waals surface area contributed by atoms with E-state index in [-0.39, 0.29) is 11.2 Å². The van der Waals surface area contributed by atoms with Crippen LogP contribution in [0.2, 0.25) is 39.3 Å². The Hall–Kier alpha value is 0.354. The first-order valence-electron chi connectivity index (χ1n) is 7.93. The summed E-state index contributed by atoms with van der Waals surface area (Å²) in [7, 11) is -2.99. The van der Waals surface area contributed by atoms with Crippen molar-refractivity contribution in [3.05, 3.63) is 0 Å². The lowest BCUT2D eigenvalue weighted by Crippen LogP contribution is -2.44. The Morgan fingerprint density at radius 3 is 1.42 bits per heavy atom. The predicted molar refractivity (Wildman–Crippen MR) is 84.4 cm³/mol. The van der Waals surface area contributed by atoms with Crippen molar-refractivity contribution in [1.82, 2.24) is 0 Å². The van der Waals surface area contributed by atoms with Crippen LogP contribution in [-0.2, 0) is 8.85 Å². The van der Waals surface area contributed by atoms with Gasteiger partial charge in [-0.3, -0.25) is 0 Å². The summed E-state index contributed by atoms with van der Waals surface area (Å²) in [5, 5.41) is 0. The van der Waals surface area contributed by atoms with Gasteiger partial charge in [-0.15, -0.1) is 0 Å². The molecule has 0 heterocycles. The molecule has 0 spiro atoms. The van der Waals surface area contributed by atoms with Crippen LogP contribution < -0.4 is 0 Å². The van der Waals surface area contributed by atoms with Gasteiger partial charge in [0.2, 0.25) is 0 Å².